The molecule has 0 spiro atoms. The van der Waals surface area contributed by atoms with Crippen molar-refractivity contribution in [2.45, 2.75) is 6.92 Å². The van der Waals surface area contributed by atoms with Gasteiger partial charge in [-0.1, -0.05) is 11.6 Å². The van der Waals surface area contributed by atoms with Gasteiger partial charge in [0.25, 0.3) is 0 Å². The Kier molecular flexibility index (Phi) is 2.79. The largest absolute Gasteiger partial charge is 0.397 e. The van der Waals surface area contributed by atoms with Crippen LogP contribution in [0, 0.1) is 12.7 Å². The summed E-state index contributed by atoms with van der Waals surface area (Å²) in [6, 6.07) is 6.08. The number of nitrogen functional groups attached to an aromatic ring is 1. The Morgan fingerprint density at radius 3 is 2.75 bits per heavy atom. The monoisotopic (exact) mass is 236 g/mol. The van der Waals surface area contributed by atoms with Crippen LogP contribution in [0.5, 0.6) is 0 Å². The van der Waals surface area contributed by atoms with Crippen LogP contribution in [-0.4, -0.2) is 4.98 Å². The molecular formula is C12H10ClFN2. The lowest BCUT2D eigenvalue weighted by Crippen LogP contribution is -1.94. The Bertz CT molecular complexity index is 541. The molecule has 16 heavy (non-hydrogen) atoms. The number of hydrogen-bond donors (Lipinski definition) is 1. The molecule has 0 amide bonds. The summed E-state index contributed by atoms with van der Waals surface area (Å²) in [6.07, 6.45) is 1.58. The number of pyridine rings is 1. The van der Waals surface area contributed by atoms with Gasteiger partial charge < -0.3 is 5.73 Å². The second kappa shape index (κ2) is 4.10. The highest BCUT2D eigenvalue weighted by Gasteiger charge is 2.07. The quantitative estimate of drug-likeness (QED) is 0.824. The van der Waals surface area contributed by atoms with Gasteiger partial charge in [0.15, 0.2) is 0 Å². The summed E-state index contributed by atoms with van der Waals surface area (Å²) in [5, 5.41) is 0.482. The fourth-order valence-corrected chi connectivity index (χ4v) is 1.59. The zero-order valence-corrected chi connectivity index (χ0v) is 9.42. The minimum Gasteiger partial charge on any atom is -0.397 e. The smallest absolute Gasteiger partial charge is 0.131 e. The predicted molar refractivity (Wildman–Crippen MR) is 63.8 cm³/mol. The van der Waals surface area contributed by atoms with E-state index >= 15 is 0 Å². The molecule has 0 saturated heterocycles. The van der Waals surface area contributed by atoms with Crippen LogP contribution in [0.2, 0.25) is 5.02 Å². The zero-order chi connectivity index (χ0) is 11.7. The third-order valence-corrected chi connectivity index (χ3v) is 2.60. The maximum atomic E-state index is 13.6. The first kappa shape index (κ1) is 10.9. The first-order valence-electron chi connectivity index (χ1n) is 4.75. The van der Waals surface area contributed by atoms with Gasteiger partial charge in [0.05, 0.1) is 11.4 Å². The fourth-order valence-electron chi connectivity index (χ4n) is 1.42. The normalized spacial score (nSPS) is 10.4. The van der Waals surface area contributed by atoms with Gasteiger partial charge in [-0.15, -0.1) is 0 Å². The number of anilines is 1. The zero-order valence-electron chi connectivity index (χ0n) is 8.67. The molecule has 0 bridgehead atoms. The van der Waals surface area contributed by atoms with Crippen molar-refractivity contribution in [1.82, 2.24) is 4.98 Å². The van der Waals surface area contributed by atoms with E-state index in [4.69, 9.17) is 17.3 Å². The van der Waals surface area contributed by atoms with Crippen molar-refractivity contribution in [3.05, 3.63) is 47.0 Å². The molecule has 0 unspecified atom stereocenters. The molecule has 1 aromatic carbocycles. The Morgan fingerprint density at radius 1 is 1.31 bits per heavy atom. The van der Waals surface area contributed by atoms with Crippen LogP contribution in [0.15, 0.2) is 30.5 Å². The Morgan fingerprint density at radius 2 is 2.06 bits per heavy atom. The number of aromatic nitrogens is 1. The number of nitrogens with zero attached hydrogens (tertiary/aromatic N) is 1. The molecule has 0 saturated carbocycles. The first-order valence-corrected chi connectivity index (χ1v) is 5.13. The predicted octanol–water partition coefficient (Wildman–Crippen LogP) is 3.43. The number of nitrogens with two attached hydrogens (primary N) is 1. The maximum absolute atomic E-state index is 13.6. The molecule has 4 heteroatoms. The van der Waals surface area contributed by atoms with Gasteiger partial charge in [-0.05, 0) is 31.2 Å². The van der Waals surface area contributed by atoms with Gasteiger partial charge in [-0.2, -0.15) is 0 Å². The number of hydrogen-bond acceptors (Lipinski definition) is 2. The molecule has 0 fully saturated rings. The van der Waals surface area contributed by atoms with Gasteiger partial charge in [0.1, 0.15) is 5.82 Å². The molecule has 0 aliphatic carbocycles. The third kappa shape index (κ3) is 1.99. The molecule has 2 rings (SSSR count). The van der Waals surface area contributed by atoms with Gasteiger partial charge in [0.2, 0.25) is 0 Å². The van der Waals surface area contributed by atoms with E-state index in [0.717, 1.165) is 5.69 Å². The van der Waals surface area contributed by atoms with Gasteiger partial charge in [-0.3, -0.25) is 4.98 Å². The maximum Gasteiger partial charge on any atom is 0.131 e. The second-order valence-electron chi connectivity index (χ2n) is 3.52. The second-order valence-corrected chi connectivity index (χ2v) is 3.96. The molecule has 0 radical (unpaired) electrons. The SMILES string of the molecule is Cc1ncc(-c2cc(Cl)ccc2F)cc1N. The molecule has 0 atom stereocenters. The van der Waals surface area contributed by atoms with Crippen molar-refractivity contribution in [2.75, 3.05) is 5.73 Å². The average molecular weight is 237 g/mol. The van der Waals surface area contributed by atoms with Crippen molar-refractivity contribution >= 4 is 17.3 Å². The van der Waals surface area contributed by atoms with Crippen molar-refractivity contribution in [2.24, 2.45) is 0 Å². The minimum atomic E-state index is -0.338. The van der Waals surface area contributed by atoms with E-state index in [2.05, 4.69) is 4.98 Å². The number of aryl methyl sites for hydroxylation is 1. The highest BCUT2D eigenvalue weighted by Crippen LogP contribution is 2.27. The first-order chi connectivity index (χ1) is 7.58. The molecule has 2 aromatic rings. The Balaban J connectivity index is 2.58. The minimum absolute atomic E-state index is 0.338. The third-order valence-electron chi connectivity index (χ3n) is 2.37. The van der Waals surface area contributed by atoms with Crippen molar-refractivity contribution in [3.8, 4) is 11.1 Å². The molecule has 1 heterocycles. The van der Waals surface area contributed by atoms with Crippen LogP contribution >= 0.6 is 11.6 Å². The molecular weight excluding hydrogens is 227 g/mol. The van der Waals surface area contributed by atoms with E-state index in [9.17, 15) is 4.39 Å². The lowest BCUT2D eigenvalue weighted by atomic mass is 10.1. The van der Waals surface area contributed by atoms with Crippen LogP contribution < -0.4 is 5.73 Å². The van der Waals surface area contributed by atoms with Crippen molar-refractivity contribution in [1.29, 1.82) is 0 Å². The molecule has 82 valence electrons. The van der Waals surface area contributed by atoms with Gasteiger partial charge in [0, 0.05) is 22.3 Å². The van der Waals surface area contributed by atoms with E-state index in [1.54, 1.807) is 25.3 Å². The van der Waals surface area contributed by atoms with Crippen LogP contribution in [-0.2, 0) is 0 Å². The van der Waals surface area contributed by atoms with Gasteiger partial charge in [-0.25, -0.2) is 4.39 Å². The number of rotatable bonds is 1. The molecule has 2 N–H and O–H groups in total. The van der Waals surface area contributed by atoms with Crippen molar-refractivity contribution < 1.29 is 4.39 Å². The standard InChI is InChI=1S/C12H10ClFN2/c1-7-12(15)4-8(6-16-7)10-5-9(13)2-3-11(10)14/h2-6H,15H2,1H3. The van der Waals surface area contributed by atoms with E-state index in [-0.39, 0.29) is 5.82 Å². The summed E-state index contributed by atoms with van der Waals surface area (Å²) in [5.74, 6) is -0.338. The highest BCUT2D eigenvalue weighted by atomic mass is 35.5. The number of halogens is 2. The van der Waals surface area contributed by atoms with Crippen molar-refractivity contribution in [3.63, 3.8) is 0 Å². The summed E-state index contributed by atoms with van der Waals surface area (Å²) in [6.45, 7) is 1.80. The molecule has 1 aromatic heterocycles. The number of benzene rings is 1. The Labute approximate surface area is 97.9 Å². The van der Waals surface area contributed by atoms with Crippen LogP contribution in [0.1, 0.15) is 5.69 Å². The summed E-state index contributed by atoms with van der Waals surface area (Å²) >= 11 is 5.82. The molecule has 2 nitrogen and oxygen atoms in total. The Hall–Kier alpha value is -1.61. The average Bonchev–Trinajstić information content (AvgIpc) is 2.26. The van der Waals surface area contributed by atoms with Crippen LogP contribution in [0.4, 0.5) is 10.1 Å². The summed E-state index contributed by atoms with van der Waals surface area (Å²) < 4.78 is 13.6. The fraction of sp³-hybridized carbons (Fsp3) is 0.0833. The molecule has 0 aliphatic rings. The summed E-state index contributed by atoms with van der Waals surface area (Å²) in [5.41, 5.74) is 8.03. The topological polar surface area (TPSA) is 38.9 Å². The highest BCUT2D eigenvalue weighted by molar-refractivity contribution is 6.30. The lowest BCUT2D eigenvalue weighted by Gasteiger charge is -2.06. The summed E-state index contributed by atoms with van der Waals surface area (Å²) in [7, 11) is 0. The van der Waals surface area contributed by atoms with E-state index in [1.165, 1.54) is 12.1 Å². The van der Waals surface area contributed by atoms with E-state index in [1.807, 2.05) is 0 Å². The molecule has 0 aliphatic heterocycles. The summed E-state index contributed by atoms with van der Waals surface area (Å²) in [4.78, 5) is 4.09. The van der Waals surface area contributed by atoms with Crippen LogP contribution in [0.25, 0.3) is 11.1 Å². The van der Waals surface area contributed by atoms with E-state index in [0.29, 0.717) is 21.8 Å². The lowest BCUT2D eigenvalue weighted by molar-refractivity contribution is 0.631. The van der Waals surface area contributed by atoms with E-state index < -0.39 is 0 Å². The van der Waals surface area contributed by atoms with Crippen LogP contribution in [0.3, 0.4) is 0 Å². The van der Waals surface area contributed by atoms with Gasteiger partial charge >= 0.3 is 0 Å².